The van der Waals surface area contributed by atoms with Crippen LogP contribution >= 0.6 is 0 Å². The minimum absolute atomic E-state index is 0.759. The van der Waals surface area contributed by atoms with Crippen LogP contribution in [0, 0.1) is 0 Å². The molecule has 3 nitrogen and oxygen atoms in total. The zero-order chi connectivity index (χ0) is 19.2. The van der Waals surface area contributed by atoms with Gasteiger partial charge in [-0.15, -0.1) is 0 Å². The molecule has 0 spiro atoms. The van der Waals surface area contributed by atoms with Crippen LogP contribution in [0.25, 0.3) is 22.2 Å². The van der Waals surface area contributed by atoms with Gasteiger partial charge in [0.2, 0.25) is 0 Å². The number of nitrogens with one attached hydrogen (secondary N) is 1. The highest BCUT2D eigenvalue weighted by molar-refractivity contribution is 5.91. The summed E-state index contributed by atoms with van der Waals surface area (Å²) < 4.78 is 0. The van der Waals surface area contributed by atoms with Crippen molar-refractivity contribution in [3.05, 3.63) is 53.6 Å². The van der Waals surface area contributed by atoms with Crippen LogP contribution in [0.15, 0.2) is 42.5 Å². The Morgan fingerprint density at radius 1 is 0.963 bits per heavy atom. The molecule has 3 N–H and O–H groups in total. The number of hydrogen-bond acceptors (Lipinski definition) is 2. The number of aromatic nitrogens is 1. The summed E-state index contributed by atoms with van der Waals surface area (Å²) >= 11 is 0. The topological polar surface area (TPSA) is 45.0 Å². The van der Waals surface area contributed by atoms with Crippen molar-refractivity contribution >= 4 is 16.6 Å². The molecule has 3 aromatic rings. The molecule has 27 heavy (non-hydrogen) atoms. The van der Waals surface area contributed by atoms with Crippen molar-refractivity contribution in [1.29, 1.82) is 0 Å². The van der Waals surface area contributed by atoms with E-state index in [1.54, 1.807) is 0 Å². The van der Waals surface area contributed by atoms with Crippen LogP contribution in [0.4, 0.5) is 5.69 Å². The molecule has 0 atom stereocenters. The van der Waals surface area contributed by atoms with E-state index in [4.69, 9.17) is 5.73 Å². The summed E-state index contributed by atoms with van der Waals surface area (Å²) in [6, 6.07) is 15.7. The van der Waals surface area contributed by atoms with E-state index in [1.807, 2.05) is 0 Å². The molecule has 0 fully saturated rings. The lowest BCUT2D eigenvalue weighted by Crippen LogP contribution is -2.08. The quantitative estimate of drug-likeness (QED) is 0.491. The molecule has 0 aliphatic heterocycles. The normalized spacial score (nSPS) is 11.3. The number of anilines is 1. The minimum atomic E-state index is 0.759. The molecule has 0 aliphatic carbocycles. The van der Waals surface area contributed by atoms with Gasteiger partial charge < -0.3 is 15.6 Å². The number of nitrogens with two attached hydrogens (primary N) is 1. The molecule has 0 amide bonds. The van der Waals surface area contributed by atoms with Crippen molar-refractivity contribution in [1.82, 2.24) is 4.98 Å². The average molecular weight is 364 g/mol. The molecule has 144 valence electrons. The number of rotatable bonds is 9. The third-order valence-electron chi connectivity index (χ3n) is 5.32. The molecule has 0 aliphatic rings. The van der Waals surface area contributed by atoms with Crippen LogP contribution in [0.1, 0.15) is 43.7 Å². The smallest absolute Gasteiger partial charge is 0.0498 e. The highest BCUT2D eigenvalue weighted by atomic mass is 15.1. The number of hydrogen-bond donors (Lipinski definition) is 2. The lowest BCUT2D eigenvalue weighted by atomic mass is 9.98. The fourth-order valence-corrected chi connectivity index (χ4v) is 3.72. The summed E-state index contributed by atoms with van der Waals surface area (Å²) in [5, 5.41) is 1.38. The molecule has 3 heteroatoms. The predicted molar refractivity (Wildman–Crippen MR) is 119 cm³/mol. The van der Waals surface area contributed by atoms with Gasteiger partial charge in [-0.25, -0.2) is 0 Å². The Balaban J connectivity index is 2.07. The lowest BCUT2D eigenvalue weighted by molar-refractivity contribution is 0.748. The first-order valence-corrected chi connectivity index (χ1v) is 10.2. The molecular formula is C24H33N3. The third-order valence-corrected chi connectivity index (χ3v) is 5.32. The van der Waals surface area contributed by atoms with E-state index < -0.39 is 0 Å². The van der Waals surface area contributed by atoms with Gasteiger partial charge in [0.25, 0.3) is 0 Å². The maximum atomic E-state index is 5.75. The maximum Gasteiger partial charge on any atom is 0.0498 e. The van der Waals surface area contributed by atoms with E-state index >= 15 is 0 Å². The van der Waals surface area contributed by atoms with Crippen molar-refractivity contribution in [3.63, 3.8) is 0 Å². The number of benzene rings is 2. The summed E-state index contributed by atoms with van der Waals surface area (Å²) in [7, 11) is 4.18. The van der Waals surface area contributed by atoms with Gasteiger partial charge in [-0.1, -0.05) is 31.5 Å². The van der Waals surface area contributed by atoms with E-state index in [9.17, 15) is 0 Å². The second-order valence-corrected chi connectivity index (χ2v) is 7.65. The van der Waals surface area contributed by atoms with Gasteiger partial charge in [0, 0.05) is 41.9 Å². The van der Waals surface area contributed by atoms with E-state index in [-0.39, 0.29) is 0 Å². The average Bonchev–Trinajstić information content (AvgIpc) is 3.04. The number of aryl methyl sites for hydroxylation is 2. The summed E-state index contributed by atoms with van der Waals surface area (Å²) in [6.07, 6.45) is 6.90. The number of nitrogens with zero attached hydrogens (tertiary/aromatic N) is 1. The maximum absolute atomic E-state index is 5.75. The molecule has 0 unspecified atom stereocenters. The Morgan fingerprint density at radius 3 is 2.56 bits per heavy atom. The van der Waals surface area contributed by atoms with Gasteiger partial charge >= 0.3 is 0 Å². The second-order valence-electron chi connectivity index (χ2n) is 7.65. The molecule has 3 rings (SSSR count). The van der Waals surface area contributed by atoms with Crippen molar-refractivity contribution in [3.8, 4) is 11.3 Å². The number of fused-ring (bicyclic) bond motifs is 1. The second kappa shape index (κ2) is 9.09. The zero-order valence-electron chi connectivity index (χ0n) is 17.0. The lowest BCUT2D eigenvalue weighted by Gasteiger charge is -2.14. The Morgan fingerprint density at radius 2 is 1.81 bits per heavy atom. The summed E-state index contributed by atoms with van der Waals surface area (Å²) in [5.74, 6) is 0. The molecule has 0 saturated carbocycles. The summed E-state index contributed by atoms with van der Waals surface area (Å²) in [6.45, 7) is 3.01. The highest BCUT2D eigenvalue weighted by Gasteiger charge is 2.14. The van der Waals surface area contributed by atoms with E-state index in [2.05, 4.69) is 73.4 Å². The van der Waals surface area contributed by atoms with Crippen LogP contribution in [0.3, 0.4) is 0 Å². The Hall–Kier alpha value is -2.26. The van der Waals surface area contributed by atoms with E-state index in [1.165, 1.54) is 51.8 Å². The first-order valence-electron chi connectivity index (χ1n) is 10.2. The van der Waals surface area contributed by atoms with Crippen molar-refractivity contribution in [2.45, 2.75) is 45.4 Å². The van der Waals surface area contributed by atoms with Gasteiger partial charge in [0.15, 0.2) is 0 Å². The molecular weight excluding hydrogens is 330 g/mol. The largest absolute Gasteiger partial charge is 0.378 e. The molecule has 0 saturated heterocycles. The molecule has 2 aromatic carbocycles. The van der Waals surface area contributed by atoms with Crippen LogP contribution in [0.2, 0.25) is 0 Å². The summed E-state index contributed by atoms with van der Waals surface area (Å²) in [4.78, 5) is 5.86. The Kier molecular flexibility index (Phi) is 6.57. The monoisotopic (exact) mass is 363 g/mol. The van der Waals surface area contributed by atoms with Crippen molar-refractivity contribution < 1.29 is 0 Å². The zero-order valence-corrected chi connectivity index (χ0v) is 17.0. The Labute approximate surface area is 163 Å². The van der Waals surface area contributed by atoms with Gasteiger partial charge in [-0.05, 0) is 74.0 Å². The number of aromatic amines is 1. The third kappa shape index (κ3) is 4.54. The van der Waals surface area contributed by atoms with Gasteiger partial charge in [-0.2, -0.15) is 0 Å². The standard InChI is InChI=1S/C24H33N3/c1-4-5-9-18-13-14-23-22(16-18)21(12-6-7-15-25)24(26-23)19-10-8-11-20(17-19)27(2)3/h8,10-11,13-14,16-17,26H,4-7,9,12,15,25H2,1-3H3. The van der Waals surface area contributed by atoms with Crippen LogP contribution in [-0.2, 0) is 12.8 Å². The fraction of sp³-hybridized carbons (Fsp3) is 0.417. The number of H-pyrrole nitrogens is 1. The van der Waals surface area contributed by atoms with Gasteiger partial charge in [0.1, 0.15) is 0 Å². The molecule has 1 heterocycles. The van der Waals surface area contributed by atoms with Crippen LogP contribution in [0.5, 0.6) is 0 Å². The first kappa shape index (κ1) is 19.5. The predicted octanol–water partition coefficient (Wildman–Crippen LogP) is 5.52. The summed E-state index contributed by atoms with van der Waals surface area (Å²) in [5.41, 5.74) is 13.6. The van der Waals surface area contributed by atoms with Gasteiger partial charge in [-0.3, -0.25) is 0 Å². The number of unbranched alkanes of at least 4 members (excludes halogenated alkanes) is 2. The highest BCUT2D eigenvalue weighted by Crippen LogP contribution is 2.34. The van der Waals surface area contributed by atoms with E-state index in [0.717, 1.165) is 32.2 Å². The van der Waals surface area contributed by atoms with Gasteiger partial charge in [0.05, 0.1) is 0 Å². The van der Waals surface area contributed by atoms with Crippen molar-refractivity contribution in [2.75, 3.05) is 25.5 Å². The minimum Gasteiger partial charge on any atom is -0.378 e. The fourth-order valence-electron chi connectivity index (χ4n) is 3.72. The van der Waals surface area contributed by atoms with Crippen LogP contribution < -0.4 is 10.6 Å². The SMILES string of the molecule is CCCCc1ccc2[nH]c(-c3cccc(N(C)C)c3)c(CCCCN)c2c1. The van der Waals surface area contributed by atoms with Crippen LogP contribution in [-0.4, -0.2) is 25.6 Å². The van der Waals surface area contributed by atoms with Crippen molar-refractivity contribution in [2.24, 2.45) is 5.73 Å². The first-order chi connectivity index (χ1) is 13.1. The van der Waals surface area contributed by atoms with E-state index in [0.29, 0.717) is 0 Å². The Bertz CT molecular complexity index is 876. The molecule has 1 aromatic heterocycles. The molecule has 0 radical (unpaired) electrons. The molecule has 0 bridgehead atoms.